The minimum absolute atomic E-state index is 0.0802. The van der Waals surface area contributed by atoms with E-state index in [0.29, 0.717) is 17.0 Å². The number of nitrogens with zero attached hydrogens (tertiary/aromatic N) is 2. The fraction of sp³-hybridized carbons (Fsp3) is 0.240. The first-order chi connectivity index (χ1) is 15.7. The average molecular weight is 462 g/mol. The molecular formula is C25H23N3O2S2. The molecule has 0 aliphatic carbocycles. The highest BCUT2D eigenvalue weighted by atomic mass is 32.1. The Morgan fingerprint density at radius 2 is 1.78 bits per heavy atom. The lowest BCUT2D eigenvalue weighted by molar-refractivity contribution is 0.0724. The summed E-state index contributed by atoms with van der Waals surface area (Å²) in [6.45, 7) is 2.04. The first-order valence-electron chi connectivity index (χ1n) is 10.8. The number of amides is 2. The van der Waals surface area contributed by atoms with Crippen LogP contribution in [0.2, 0.25) is 0 Å². The van der Waals surface area contributed by atoms with Gasteiger partial charge < -0.3 is 10.2 Å². The quantitative estimate of drug-likeness (QED) is 0.422. The number of carbonyl (C=O) groups is 2. The fourth-order valence-corrected chi connectivity index (χ4v) is 5.86. The van der Waals surface area contributed by atoms with Crippen LogP contribution in [0.25, 0.3) is 20.1 Å². The maximum atomic E-state index is 12.7. The summed E-state index contributed by atoms with van der Waals surface area (Å²) >= 11 is 3.08. The number of thiazole rings is 1. The van der Waals surface area contributed by atoms with Gasteiger partial charge in [-0.2, -0.15) is 0 Å². The van der Waals surface area contributed by atoms with E-state index in [-0.39, 0.29) is 11.8 Å². The molecule has 32 heavy (non-hydrogen) atoms. The zero-order chi connectivity index (χ0) is 21.9. The summed E-state index contributed by atoms with van der Waals surface area (Å²) in [6.07, 6.45) is 3.34. The predicted octanol–water partition coefficient (Wildman–Crippen LogP) is 5.58. The minimum atomic E-state index is -0.116. The minimum Gasteiger partial charge on any atom is -0.347 e. The Kier molecular flexibility index (Phi) is 6.01. The lowest BCUT2D eigenvalue weighted by Crippen LogP contribution is -2.35. The number of nitrogens with one attached hydrogen (secondary N) is 1. The van der Waals surface area contributed by atoms with E-state index in [4.69, 9.17) is 0 Å². The van der Waals surface area contributed by atoms with E-state index in [1.807, 2.05) is 59.5 Å². The van der Waals surface area contributed by atoms with Crippen molar-refractivity contribution in [1.82, 2.24) is 15.2 Å². The molecule has 4 aromatic rings. The summed E-state index contributed by atoms with van der Waals surface area (Å²) in [4.78, 5) is 33.7. The molecule has 7 heteroatoms. The summed E-state index contributed by atoms with van der Waals surface area (Å²) in [5.41, 5.74) is 2.59. The third kappa shape index (κ3) is 4.45. The monoisotopic (exact) mass is 461 g/mol. The fourth-order valence-electron chi connectivity index (χ4n) is 3.92. The van der Waals surface area contributed by atoms with Crippen LogP contribution in [0.5, 0.6) is 0 Å². The Morgan fingerprint density at radius 3 is 2.62 bits per heavy atom. The SMILES string of the molecule is O=C(NCc1cccc(C(=O)N2CCCCC2)c1)c1ccc(-c2nc3ccccc3s2)s1. The largest absolute Gasteiger partial charge is 0.347 e. The van der Waals surface area contributed by atoms with Crippen LogP contribution in [0.1, 0.15) is 44.9 Å². The molecule has 0 atom stereocenters. The second-order valence-electron chi connectivity index (χ2n) is 7.89. The van der Waals surface area contributed by atoms with Crippen LogP contribution in [0.3, 0.4) is 0 Å². The van der Waals surface area contributed by atoms with E-state index in [9.17, 15) is 9.59 Å². The Labute approximate surface area is 194 Å². The number of hydrogen-bond donors (Lipinski definition) is 1. The van der Waals surface area contributed by atoms with Crippen LogP contribution in [-0.4, -0.2) is 34.8 Å². The lowest BCUT2D eigenvalue weighted by Gasteiger charge is -2.26. The van der Waals surface area contributed by atoms with Crippen LogP contribution in [0.4, 0.5) is 0 Å². The van der Waals surface area contributed by atoms with Gasteiger partial charge in [-0.1, -0.05) is 24.3 Å². The Bertz CT molecular complexity index is 1240. The second kappa shape index (κ2) is 9.22. The molecule has 1 fully saturated rings. The summed E-state index contributed by atoms with van der Waals surface area (Å²) in [6, 6.07) is 19.4. The predicted molar refractivity (Wildman–Crippen MR) is 130 cm³/mol. The molecule has 1 N–H and O–H groups in total. The molecule has 0 spiro atoms. The van der Waals surface area contributed by atoms with Gasteiger partial charge in [-0.05, 0) is 61.2 Å². The molecule has 2 aromatic heterocycles. The number of thiophene rings is 1. The number of para-hydroxylation sites is 1. The van der Waals surface area contributed by atoms with E-state index in [1.165, 1.54) is 17.8 Å². The van der Waals surface area contributed by atoms with Crippen molar-refractivity contribution in [2.75, 3.05) is 13.1 Å². The van der Waals surface area contributed by atoms with Gasteiger partial charge in [0.05, 0.1) is 20.0 Å². The molecule has 0 saturated carbocycles. The molecule has 1 aliphatic rings. The van der Waals surface area contributed by atoms with Crippen molar-refractivity contribution in [2.45, 2.75) is 25.8 Å². The van der Waals surface area contributed by atoms with E-state index >= 15 is 0 Å². The number of rotatable bonds is 5. The summed E-state index contributed by atoms with van der Waals surface area (Å²) in [5, 5.41) is 3.91. The van der Waals surface area contributed by atoms with Gasteiger partial charge in [0.15, 0.2) is 0 Å². The van der Waals surface area contributed by atoms with E-state index in [2.05, 4.69) is 16.4 Å². The highest BCUT2D eigenvalue weighted by Gasteiger charge is 2.18. The van der Waals surface area contributed by atoms with Crippen LogP contribution < -0.4 is 5.32 Å². The van der Waals surface area contributed by atoms with Crippen molar-refractivity contribution in [1.29, 1.82) is 0 Å². The maximum absolute atomic E-state index is 12.7. The van der Waals surface area contributed by atoms with Gasteiger partial charge in [0.1, 0.15) is 5.01 Å². The third-order valence-corrected chi connectivity index (χ3v) is 7.89. The first kappa shape index (κ1) is 20.8. The van der Waals surface area contributed by atoms with Gasteiger partial charge >= 0.3 is 0 Å². The molecule has 1 saturated heterocycles. The number of aromatic nitrogens is 1. The zero-order valence-electron chi connectivity index (χ0n) is 17.5. The molecule has 0 radical (unpaired) electrons. The molecule has 3 heterocycles. The highest BCUT2D eigenvalue weighted by molar-refractivity contribution is 7.26. The summed E-state index contributed by atoms with van der Waals surface area (Å²) in [7, 11) is 0. The maximum Gasteiger partial charge on any atom is 0.261 e. The smallest absolute Gasteiger partial charge is 0.261 e. The number of carbonyl (C=O) groups excluding carboxylic acids is 2. The van der Waals surface area contributed by atoms with Gasteiger partial charge in [-0.15, -0.1) is 22.7 Å². The number of benzene rings is 2. The Balaban J connectivity index is 1.24. The zero-order valence-corrected chi connectivity index (χ0v) is 19.2. The van der Waals surface area contributed by atoms with Crippen LogP contribution in [-0.2, 0) is 6.54 Å². The van der Waals surface area contributed by atoms with Crippen molar-refractivity contribution in [3.8, 4) is 9.88 Å². The van der Waals surface area contributed by atoms with E-state index < -0.39 is 0 Å². The summed E-state index contributed by atoms with van der Waals surface area (Å²) in [5.74, 6) is -0.0354. The second-order valence-corrected chi connectivity index (χ2v) is 10.0. The van der Waals surface area contributed by atoms with Gasteiger partial charge in [0, 0.05) is 25.2 Å². The first-order valence-corrected chi connectivity index (χ1v) is 12.4. The molecule has 162 valence electrons. The molecule has 0 bridgehead atoms. The van der Waals surface area contributed by atoms with E-state index in [1.54, 1.807) is 11.3 Å². The molecule has 5 rings (SSSR count). The Hall–Kier alpha value is -3.03. The van der Waals surface area contributed by atoms with Gasteiger partial charge in [-0.25, -0.2) is 4.98 Å². The number of piperidine rings is 1. The van der Waals surface area contributed by atoms with Crippen molar-refractivity contribution >= 4 is 44.7 Å². The van der Waals surface area contributed by atoms with Crippen LogP contribution in [0.15, 0.2) is 60.7 Å². The normalized spacial score (nSPS) is 13.9. The molecule has 0 unspecified atom stereocenters. The third-order valence-electron chi connectivity index (χ3n) is 5.60. The molecular weight excluding hydrogens is 438 g/mol. The van der Waals surface area contributed by atoms with Gasteiger partial charge in [0.2, 0.25) is 0 Å². The average Bonchev–Trinajstić information content (AvgIpc) is 3.50. The molecule has 2 aromatic carbocycles. The molecule has 2 amide bonds. The topological polar surface area (TPSA) is 62.3 Å². The lowest BCUT2D eigenvalue weighted by atomic mass is 10.1. The highest BCUT2D eigenvalue weighted by Crippen LogP contribution is 2.34. The Morgan fingerprint density at radius 1 is 0.938 bits per heavy atom. The standard InChI is InChI=1S/C25H23N3O2S2/c29-23(21-11-12-22(31-21)24-27-19-9-2-3-10-20(19)32-24)26-16-17-7-6-8-18(15-17)25(30)28-13-4-1-5-14-28/h2-3,6-12,15H,1,4-5,13-14,16H2,(H,26,29). The number of hydrogen-bond acceptors (Lipinski definition) is 5. The van der Waals surface area contributed by atoms with Crippen molar-refractivity contribution in [2.24, 2.45) is 0 Å². The van der Waals surface area contributed by atoms with Gasteiger partial charge in [-0.3, -0.25) is 9.59 Å². The summed E-state index contributed by atoms with van der Waals surface area (Å²) < 4.78 is 1.14. The molecule has 5 nitrogen and oxygen atoms in total. The van der Waals surface area contributed by atoms with Crippen LogP contribution >= 0.6 is 22.7 Å². The van der Waals surface area contributed by atoms with Crippen molar-refractivity contribution in [3.05, 3.63) is 76.7 Å². The number of likely N-dealkylation sites (tertiary alicyclic amines) is 1. The molecule has 1 aliphatic heterocycles. The van der Waals surface area contributed by atoms with Crippen molar-refractivity contribution in [3.63, 3.8) is 0 Å². The van der Waals surface area contributed by atoms with Gasteiger partial charge in [0.25, 0.3) is 11.8 Å². The number of fused-ring (bicyclic) bond motifs is 1. The van der Waals surface area contributed by atoms with E-state index in [0.717, 1.165) is 51.6 Å². The van der Waals surface area contributed by atoms with Crippen molar-refractivity contribution < 1.29 is 9.59 Å². The van der Waals surface area contributed by atoms with Crippen LogP contribution in [0, 0.1) is 0 Å².